The number of nitrogens with two attached hydrogens (primary N) is 1. The molecular weight excluding hydrogens is 519 g/mol. The molecule has 0 bridgehead atoms. The van der Waals surface area contributed by atoms with Crippen LogP contribution in [0.15, 0.2) is 48.5 Å². The molecule has 4 unspecified atom stereocenters. The number of ether oxygens (including phenoxy) is 1. The molecule has 40 heavy (non-hydrogen) atoms. The molecule has 5 amide bonds. The minimum atomic E-state index is -1.01. The smallest absolute Gasteiger partial charge is 0.319 e. The van der Waals surface area contributed by atoms with Crippen LogP contribution in [0.25, 0.3) is 0 Å². The summed E-state index contributed by atoms with van der Waals surface area (Å²) in [6, 6.07) is 9.23. The van der Waals surface area contributed by atoms with Crippen molar-refractivity contribution >= 4 is 29.4 Å². The number of halogens is 1. The number of likely N-dealkylation sites (tertiary alicyclic amines) is 1. The normalized spacial score (nSPS) is 21.2. The average Bonchev–Trinajstić information content (AvgIpc) is 3.48. The van der Waals surface area contributed by atoms with Gasteiger partial charge in [0.05, 0.1) is 13.2 Å². The molecule has 2 saturated heterocycles. The number of rotatable bonds is 9. The summed E-state index contributed by atoms with van der Waals surface area (Å²) < 4.78 is 18.7. The number of methoxy groups -OCH3 is 1. The lowest BCUT2D eigenvalue weighted by Crippen LogP contribution is -2.62. The molecule has 0 aliphatic carbocycles. The van der Waals surface area contributed by atoms with Gasteiger partial charge >= 0.3 is 6.03 Å². The number of benzene rings is 2. The highest BCUT2D eigenvalue weighted by Crippen LogP contribution is 2.22. The van der Waals surface area contributed by atoms with Gasteiger partial charge in [0.1, 0.15) is 23.7 Å². The number of carbonyl (C=O) groups excluding carboxylic acids is 4. The van der Waals surface area contributed by atoms with Crippen molar-refractivity contribution in [3.63, 3.8) is 0 Å². The average molecular weight is 555 g/mol. The van der Waals surface area contributed by atoms with Gasteiger partial charge in [-0.25, -0.2) is 9.18 Å². The predicted octanol–water partition coefficient (Wildman–Crippen LogP) is 1.28. The third-order valence-corrected chi connectivity index (χ3v) is 7.22. The fourth-order valence-electron chi connectivity index (χ4n) is 5.11. The summed E-state index contributed by atoms with van der Waals surface area (Å²) in [6.07, 6.45) is 2.24. The number of amides is 5. The van der Waals surface area contributed by atoms with E-state index in [1.165, 1.54) is 23.1 Å². The number of carbonyl (C=O) groups is 4. The van der Waals surface area contributed by atoms with Crippen LogP contribution >= 0.6 is 0 Å². The maximum absolute atomic E-state index is 13.6. The van der Waals surface area contributed by atoms with Gasteiger partial charge in [0.15, 0.2) is 0 Å². The monoisotopic (exact) mass is 554 g/mol. The fraction of sp³-hybridized carbons (Fsp3) is 0.429. The van der Waals surface area contributed by atoms with Gasteiger partial charge in [-0.15, -0.1) is 0 Å². The van der Waals surface area contributed by atoms with Crippen molar-refractivity contribution in [3.8, 4) is 5.75 Å². The third kappa shape index (κ3) is 7.47. The minimum absolute atomic E-state index is 0.134. The number of nitrogens with zero attached hydrogens (tertiary/aromatic N) is 1. The van der Waals surface area contributed by atoms with Gasteiger partial charge in [0.25, 0.3) is 0 Å². The number of piperidine rings is 1. The van der Waals surface area contributed by atoms with Gasteiger partial charge in [-0.3, -0.25) is 14.4 Å². The molecule has 2 aliphatic heterocycles. The van der Waals surface area contributed by atoms with E-state index in [-0.39, 0.29) is 37.0 Å². The standard InChI is InChI=1S/C28H35FN6O5/c1-40-21-9-7-17(8-10-21)14-23(25(30)36)34-26(37)24-16-20(11-13-35(24)27(38)22-6-3-12-31-22)33-28(39)32-19-5-2-4-18(29)15-19/h2,4-5,7-10,15,20,22-24,31H,3,6,11-14,16H2,1H3,(H2,30,36)(H,34,37)(H2,32,33,39). The van der Waals surface area contributed by atoms with E-state index in [1.54, 1.807) is 37.4 Å². The molecule has 2 aliphatic rings. The number of nitrogens with one attached hydrogen (secondary N) is 4. The lowest BCUT2D eigenvalue weighted by atomic mass is 9.94. The van der Waals surface area contributed by atoms with Gasteiger partial charge in [-0.05, 0) is 68.1 Å². The van der Waals surface area contributed by atoms with Gasteiger partial charge in [-0.1, -0.05) is 18.2 Å². The molecule has 0 spiro atoms. The Morgan fingerprint density at radius 2 is 1.93 bits per heavy atom. The van der Waals surface area contributed by atoms with E-state index in [1.807, 2.05) is 0 Å². The van der Waals surface area contributed by atoms with Gasteiger partial charge in [-0.2, -0.15) is 0 Å². The second kappa shape index (κ2) is 13.2. The minimum Gasteiger partial charge on any atom is -0.497 e. The van der Waals surface area contributed by atoms with E-state index in [9.17, 15) is 23.6 Å². The van der Waals surface area contributed by atoms with Crippen LogP contribution < -0.4 is 31.7 Å². The Kier molecular flexibility index (Phi) is 9.54. The number of hydrogen-bond donors (Lipinski definition) is 5. The van der Waals surface area contributed by atoms with Crippen molar-refractivity contribution in [3.05, 3.63) is 59.9 Å². The quantitative estimate of drug-likeness (QED) is 0.315. The molecular formula is C28H35FN6O5. The largest absolute Gasteiger partial charge is 0.497 e. The van der Waals surface area contributed by atoms with E-state index in [0.717, 1.165) is 18.5 Å². The Morgan fingerprint density at radius 1 is 1.15 bits per heavy atom. The zero-order valence-electron chi connectivity index (χ0n) is 22.3. The van der Waals surface area contributed by atoms with Crippen LogP contribution in [0.1, 0.15) is 31.2 Å². The molecule has 2 aromatic carbocycles. The number of hydrogen-bond acceptors (Lipinski definition) is 6. The van der Waals surface area contributed by atoms with Crippen LogP contribution in [-0.4, -0.2) is 73.0 Å². The summed E-state index contributed by atoms with van der Waals surface area (Å²) in [4.78, 5) is 53.3. The second-order valence-electron chi connectivity index (χ2n) is 10.0. The molecule has 2 heterocycles. The van der Waals surface area contributed by atoms with Crippen molar-refractivity contribution < 1.29 is 28.3 Å². The lowest BCUT2D eigenvalue weighted by Gasteiger charge is -2.40. The van der Waals surface area contributed by atoms with Crippen molar-refractivity contribution in [2.45, 2.75) is 56.3 Å². The Balaban J connectivity index is 1.46. The summed E-state index contributed by atoms with van der Waals surface area (Å²) >= 11 is 0. The molecule has 4 rings (SSSR count). The molecule has 0 saturated carbocycles. The van der Waals surface area contributed by atoms with Gasteiger partial charge in [0.2, 0.25) is 17.7 Å². The zero-order chi connectivity index (χ0) is 28.6. The van der Waals surface area contributed by atoms with Gasteiger partial charge < -0.3 is 36.6 Å². The highest BCUT2D eigenvalue weighted by Gasteiger charge is 2.40. The summed E-state index contributed by atoms with van der Waals surface area (Å²) in [7, 11) is 1.55. The third-order valence-electron chi connectivity index (χ3n) is 7.22. The molecule has 4 atom stereocenters. The van der Waals surface area contributed by atoms with Crippen LogP contribution in [0, 0.1) is 5.82 Å². The Labute approximate surface area is 232 Å². The number of urea groups is 1. The molecule has 12 heteroatoms. The van der Waals surface area contributed by atoms with Crippen LogP contribution in [0.5, 0.6) is 5.75 Å². The molecule has 6 N–H and O–H groups in total. The topological polar surface area (TPSA) is 155 Å². The first-order chi connectivity index (χ1) is 19.2. The van der Waals surface area contributed by atoms with Crippen LogP contribution in [0.3, 0.4) is 0 Å². The highest BCUT2D eigenvalue weighted by atomic mass is 19.1. The number of anilines is 1. The summed E-state index contributed by atoms with van der Waals surface area (Å²) in [5, 5.41) is 11.3. The molecule has 214 valence electrons. The Morgan fingerprint density at radius 3 is 2.58 bits per heavy atom. The van der Waals surface area contributed by atoms with E-state index < -0.39 is 41.8 Å². The first-order valence-corrected chi connectivity index (χ1v) is 13.3. The number of primary amides is 1. The maximum Gasteiger partial charge on any atom is 0.319 e. The van der Waals surface area contributed by atoms with E-state index in [4.69, 9.17) is 10.5 Å². The second-order valence-corrected chi connectivity index (χ2v) is 10.0. The lowest BCUT2D eigenvalue weighted by molar-refractivity contribution is -0.144. The van der Waals surface area contributed by atoms with Crippen LogP contribution in [-0.2, 0) is 20.8 Å². The van der Waals surface area contributed by atoms with Crippen LogP contribution in [0.4, 0.5) is 14.9 Å². The Bertz CT molecular complexity index is 1220. The molecule has 11 nitrogen and oxygen atoms in total. The van der Waals surface area contributed by atoms with E-state index in [2.05, 4.69) is 21.3 Å². The van der Waals surface area contributed by atoms with Crippen LogP contribution in [0.2, 0.25) is 0 Å². The first-order valence-electron chi connectivity index (χ1n) is 13.3. The van der Waals surface area contributed by atoms with Gasteiger partial charge in [0, 0.05) is 24.7 Å². The fourth-order valence-corrected chi connectivity index (χ4v) is 5.11. The highest BCUT2D eigenvalue weighted by molar-refractivity contribution is 5.93. The molecule has 0 aromatic heterocycles. The van der Waals surface area contributed by atoms with E-state index >= 15 is 0 Å². The summed E-state index contributed by atoms with van der Waals surface area (Å²) in [6.45, 7) is 0.955. The molecule has 2 fully saturated rings. The van der Waals surface area contributed by atoms with Crippen molar-refractivity contribution in [1.29, 1.82) is 0 Å². The maximum atomic E-state index is 13.6. The first kappa shape index (κ1) is 28.8. The van der Waals surface area contributed by atoms with Crippen molar-refractivity contribution in [2.24, 2.45) is 5.73 Å². The summed E-state index contributed by atoms with van der Waals surface area (Å²) in [5.41, 5.74) is 6.68. The SMILES string of the molecule is COc1ccc(CC(NC(=O)C2CC(NC(=O)Nc3cccc(F)c3)CCN2C(=O)C2CCCN2)C(N)=O)cc1. The summed E-state index contributed by atoms with van der Waals surface area (Å²) in [5.74, 6) is -1.26. The Hall–Kier alpha value is -4.19. The molecule has 2 aromatic rings. The van der Waals surface area contributed by atoms with Crippen molar-refractivity contribution in [2.75, 3.05) is 25.5 Å². The molecule has 0 radical (unpaired) electrons. The predicted molar refractivity (Wildman–Crippen MR) is 146 cm³/mol. The van der Waals surface area contributed by atoms with E-state index in [0.29, 0.717) is 18.6 Å². The van der Waals surface area contributed by atoms with Crippen molar-refractivity contribution in [1.82, 2.24) is 20.9 Å². The zero-order valence-corrected chi connectivity index (χ0v) is 22.3.